The van der Waals surface area contributed by atoms with E-state index in [-0.39, 0.29) is 0 Å². The van der Waals surface area contributed by atoms with Gasteiger partial charge in [-0.3, -0.25) is 0 Å². The summed E-state index contributed by atoms with van der Waals surface area (Å²) in [7, 11) is 1.71. The summed E-state index contributed by atoms with van der Waals surface area (Å²) in [6.45, 7) is 4.19. The van der Waals surface area contributed by atoms with Gasteiger partial charge < -0.3 is 9.84 Å². The summed E-state index contributed by atoms with van der Waals surface area (Å²) in [6, 6.07) is 5.77. The second-order valence-corrected chi connectivity index (χ2v) is 6.29. The van der Waals surface area contributed by atoms with E-state index in [0.717, 1.165) is 30.4 Å². The molecule has 0 saturated heterocycles. The van der Waals surface area contributed by atoms with Gasteiger partial charge in [0.15, 0.2) is 0 Å². The van der Waals surface area contributed by atoms with E-state index in [1.165, 1.54) is 6.42 Å². The van der Waals surface area contributed by atoms with Crippen molar-refractivity contribution in [3.8, 4) is 0 Å². The summed E-state index contributed by atoms with van der Waals surface area (Å²) < 4.78 is 5.74. The molecule has 0 heterocycles. The molecule has 0 aromatic heterocycles. The van der Waals surface area contributed by atoms with Crippen LogP contribution in [0.3, 0.4) is 0 Å². The molecule has 106 valence electrons. The lowest BCUT2D eigenvalue weighted by molar-refractivity contribution is -0.134. The predicted octanol–water partition coefficient (Wildman–Crippen LogP) is 4.28. The lowest BCUT2D eigenvalue weighted by Crippen LogP contribution is -2.42. The van der Waals surface area contributed by atoms with Crippen molar-refractivity contribution in [2.45, 2.75) is 51.2 Å². The molecule has 19 heavy (non-hydrogen) atoms. The normalized spacial score (nSPS) is 29.2. The topological polar surface area (TPSA) is 29.5 Å². The molecule has 3 atom stereocenters. The van der Waals surface area contributed by atoms with Crippen molar-refractivity contribution in [2.24, 2.45) is 5.92 Å². The first-order chi connectivity index (χ1) is 8.98. The molecule has 2 nitrogen and oxygen atoms in total. The van der Waals surface area contributed by atoms with Crippen molar-refractivity contribution in [2.75, 3.05) is 7.11 Å². The first-order valence-corrected chi connectivity index (χ1v) is 7.35. The summed E-state index contributed by atoms with van der Waals surface area (Å²) in [5, 5.41) is 11.4. The average molecular weight is 283 g/mol. The summed E-state index contributed by atoms with van der Waals surface area (Å²) in [6.07, 6.45) is 3.51. The van der Waals surface area contributed by atoms with Gasteiger partial charge in [-0.25, -0.2) is 0 Å². The Morgan fingerprint density at radius 2 is 2.21 bits per heavy atom. The summed E-state index contributed by atoms with van der Waals surface area (Å²) in [5.74, 6) is 0.587. The molecule has 1 N–H and O–H groups in total. The van der Waals surface area contributed by atoms with Crippen molar-refractivity contribution < 1.29 is 9.84 Å². The third-order valence-electron chi connectivity index (χ3n) is 4.41. The molecule has 0 bridgehead atoms. The van der Waals surface area contributed by atoms with Crippen LogP contribution in [-0.4, -0.2) is 17.8 Å². The largest absolute Gasteiger partial charge is 0.385 e. The Balaban J connectivity index is 2.29. The molecule has 3 heteroatoms. The minimum absolute atomic E-state index is 0.462. The number of halogens is 1. The lowest BCUT2D eigenvalue weighted by atomic mass is 9.74. The van der Waals surface area contributed by atoms with Gasteiger partial charge in [-0.1, -0.05) is 43.5 Å². The lowest BCUT2D eigenvalue weighted by Gasteiger charge is -2.42. The van der Waals surface area contributed by atoms with Crippen molar-refractivity contribution >= 4 is 11.6 Å². The summed E-state index contributed by atoms with van der Waals surface area (Å²) in [4.78, 5) is 0. The van der Waals surface area contributed by atoms with Crippen molar-refractivity contribution in [1.82, 2.24) is 0 Å². The maximum Gasteiger partial charge on any atom is 0.108 e. The number of hydrogen-bond donors (Lipinski definition) is 1. The van der Waals surface area contributed by atoms with Crippen LogP contribution in [-0.2, 0) is 4.74 Å². The van der Waals surface area contributed by atoms with Crippen LogP contribution < -0.4 is 0 Å². The average Bonchev–Trinajstić information content (AvgIpc) is 2.41. The molecule has 1 aliphatic rings. The van der Waals surface area contributed by atoms with Gasteiger partial charge in [-0.2, -0.15) is 0 Å². The molecule has 1 aromatic rings. The Bertz CT molecular complexity index is 446. The molecule has 1 fully saturated rings. The minimum atomic E-state index is -0.613. The zero-order valence-electron chi connectivity index (χ0n) is 11.9. The smallest absolute Gasteiger partial charge is 0.108 e. The highest BCUT2D eigenvalue weighted by Gasteiger charge is 2.42. The van der Waals surface area contributed by atoms with Crippen LogP contribution in [0.1, 0.15) is 49.8 Å². The van der Waals surface area contributed by atoms with E-state index >= 15 is 0 Å². The molecular weight excluding hydrogens is 260 g/mol. The van der Waals surface area contributed by atoms with E-state index < -0.39 is 11.7 Å². The monoisotopic (exact) mass is 282 g/mol. The number of aliphatic hydroxyl groups excluding tert-OH is 1. The van der Waals surface area contributed by atoms with Crippen LogP contribution in [0.4, 0.5) is 0 Å². The highest BCUT2D eigenvalue weighted by Crippen LogP contribution is 2.43. The Morgan fingerprint density at radius 3 is 2.79 bits per heavy atom. The van der Waals surface area contributed by atoms with Gasteiger partial charge in [0.2, 0.25) is 0 Å². The third-order valence-corrected chi connectivity index (χ3v) is 4.81. The third kappa shape index (κ3) is 2.96. The molecule has 0 spiro atoms. The number of aryl methyl sites for hydroxylation is 1. The number of rotatable bonds is 3. The fraction of sp³-hybridized carbons (Fsp3) is 0.625. The summed E-state index contributed by atoms with van der Waals surface area (Å²) >= 11 is 6.16. The molecule has 1 aromatic carbocycles. The van der Waals surface area contributed by atoms with Crippen LogP contribution in [0.25, 0.3) is 0 Å². The molecular formula is C16H23ClO2. The number of methoxy groups -OCH3 is 1. The first kappa shape index (κ1) is 14.8. The zero-order chi connectivity index (χ0) is 14.0. The standard InChI is InChI=1S/C16H23ClO2/c1-11-5-4-8-16(10-11,19-3)15(18)13-7-6-12(2)14(17)9-13/h6-7,9,11,15,18H,4-5,8,10H2,1-3H3. The van der Waals surface area contributed by atoms with Gasteiger partial charge >= 0.3 is 0 Å². The fourth-order valence-electron chi connectivity index (χ4n) is 3.17. The maximum absolute atomic E-state index is 10.7. The Morgan fingerprint density at radius 1 is 1.47 bits per heavy atom. The van der Waals surface area contributed by atoms with E-state index in [9.17, 15) is 5.11 Å². The Kier molecular flexibility index (Phi) is 4.54. The van der Waals surface area contributed by atoms with Crippen molar-refractivity contribution in [3.63, 3.8) is 0 Å². The van der Waals surface area contributed by atoms with E-state index in [4.69, 9.17) is 16.3 Å². The molecule has 1 aliphatic carbocycles. The molecule has 0 radical (unpaired) electrons. The van der Waals surface area contributed by atoms with E-state index in [2.05, 4.69) is 6.92 Å². The zero-order valence-corrected chi connectivity index (χ0v) is 12.7. The van der Waals surface area contributed by atoms with Crippen molar-refractivity contribution in [3.05, 3.63) is 34.3 Å². The number of aliphatic hydroxyl groups is 1. The number of hydrogen-bond acceptors (Lipinski definition) is 2. The quantitative estimate of drug-likeness (QED) is 0.897. The second kappa shape index (κ2) is 5.82. The summed E-state index contributed by atoms with van der Waals surface area (Å²) in [5.41, 5.74) is 1.42. The molecule has 2 rings (SSSR count). The van der Waals surface area contributed by atoms with Crippen LogP contribution in [0.5, 0.6) is 0 Å². The number of ether oxygens (including phenoxy) is 1. The molecule has 0 aliphatic heterocycles. The van der Waals surface area contributed by atoms with Gasteiger partial charge in [0.25, 0.3) is 0 Å². The van der Waals surface area contributed by atoms with E-state index in [0.29, 0.717) is 10.9 Å². The van der Waals surface area contributed by atoms with E-state index in [1.807, 2.05) is 25.1 Å². The van der Waals surface area contributed by atoms with Crippen LogP contribution >= 0.6 is 11.6 Å². The maximum atomic E-state index is 10.7. The molecule has 3 unspecified atom stereocenters. The number of benzene rings is 1. The van der Waals surface area contributed by atoms with E-state index in [1.54, 1.807) is 7.11 Å². The van der Waals surface area contributed by atoms with Crippen LogP contribution in [0.15, 0.2) is 18.2 Å². The SMILES string of the molecule is COC1(C(O)c2ccc(C)c(Cl)c2)CCCC(C)C1. The van der Waals surface area contributed by atoms with Crippen LogP contribution in [0, 0.1) is 12.8 Å². The highest BCUT2D eigenvalue weighted by atomic mass is 35.5. The van der Waals surface area contributed by atoms with Gasteiger partial charge in [-0.15, -0.1) is 0 Å². The first-order valence-electron chi connectivity index (χ1n) is 6.98. The van der Waals surface area contributed by atoms with Gasteiger partial charge in [0, 0.05) is 12.1 Å². The Hall–Kier alpha value is -0.570. The van der Waals surface area contributed by atoms with Crippen LogP contribution in [0.2, 0.25) is 5.02 Å². The highest BCUT2D eigenvalue weighted by molar-refractivity contribution is 6.31. The fourth-order valence-corrected chi connectivity index (χ4v) is 3.36. The van der Waals surface area contributed by atoms with Gasteiger partial charge in [0.05, 0.1) is 5.60 Å². The molecule has 0 amide bonds. The molecule has 1 saturated carbocycles. The minimum Gasteiger partial charge on any atom is -0.385 e. The second-order valence-electron chi connectivity index (χ2n) is 5.88. The Labute approximate surface area is 120 Å². The predicted molar refractivity (Wildman–Crippen MR) is 78.5 cm³/mol. The van der Waals surface area contributed by atoms with Gasteiger partial charge in [-0.05, 0) is 42.9 Å². The van der Waals surface area contributed by atoms with Gasteiger partial charge in [0.1, 0.15) is 6.10 Å². The van der Waals surface area contributed by atoms with Crippen molar-refractivity contribution in [1.29, 1.82) is 0 Å².